The lowest BCUT2D eigenvalue weighted by Gasteiger charge is -2.13. The number of carbonyl (C=O) groups is 3. The Morgan fingerprint density at radius 1 is 1.06 bits per heavy atom. The van der Waals surface area contributed by atoms with Crippen molar-refractivity contribution in [3.05, 3.63) is 95.9 Å². The Morgan fingerprint density at radius 2 is 1.94 bits per heavy atom. The molecule has 4 aromatic rings. The normalized spacial score (nSPS) is 13.2. The van der Waals surface area contributed by atoms with E-state index in [2.05, 4.69) is 15.6 Å². The minimum absolute atomic E-state index is 0.00478. The lowest BCUT2D eigenvalue weighted by Crippen LogP contribution is -2.30. The van der Waals surface area contributed by atoms with Crippen molar-refractivity contribution in [3.8, 4) is 5.75 Å². The van der Waals surface area contributed by atoms with Gasteiger partial charge >= 0.3 is 6.03 Å². The van der Waals surface area contributed by atoms with Crippen molar-refractivity contribution in [2.75, 3.05) is 11.9 Å². The van der Waals surface area contributed by atoms with E-state index in [4.69, 9.17) is 4.74 Å². The highest BCUT2D eigenvalue weighted by molar-refractivity contribution is 6.04. The van der Waals surface area contributed by atoms with E-state index < -0.39 is 6.03 Å². The molecular formula is C25H21N5O4. The lowest BCUT2D eigenvalue weighted by atomic mass is 10.1. The van der Waals surface area contributed by atoms with Crippen LogP contribution in [0.3, 0.4) is 0 Å². The van der Waals surface area contributed by atoms with Crippen molar-refractivity contribution >= 4 is 29.2 Å². The first-order valence-corrected chi connectivity index (χ1v) is 10.7. The molecular weight excluding hydrogens is 434 g/mol. The molecule has 0 atom stereocenters. The standard InChI is InChI=1S/C25H21N5O4/c31-23-13-26-25(33)30(23)14-17-5-3-7-19(11-17)28-24(32)18-6-4-8-21(12-18)34-16-20-15-29-10-2-1-9-22(29)27-20/h1-12,15H,13-14,16H2,(H,26,33)(H,28,32). The van der Waals surface area contributed by atoms with Gasteiger partial charge in [0.2, 0.25) is 5.91 Å². The quantitative estimate of drug-likeness (QED) is 0.417. The molecule has 2 N–H and O–H groups in total. The van der Waals surface area contributed by atoms with E-state index in [1.807, 2.05) is 35.0 Å². The maximum Gasteiger partial charge on any atom is 0.324 e. The molecule has 9 heteroatoms. The second-order valence-corrected chi connectivity index (χ2v) is 7.81. The van der Waals surface area contributed by atoms with E-state index in [0.717, 1.165) is 21.8 Å². The third-order valence-electron chi connectivity index (χ3n) is 5.36. The average Bonchev–Trinajstić information content (AvgIpc) is 3.41. The van der Waals surface area contributed by atoms with Gasteiger partial charge in [-0.2, -0.15) is 0 Å². The fourth-order valence-electron chi connectivity index (χ4n) is 3.69. The molecule has 1 aliphatic heterocycles. The van der Waals surface area contributed by atoms with Crippen LogP contribution in [-0.4, -0.2) is 38.7 Å². The van der Waals surface area contributed by atoms with Gasteiger partial charge < -0.3 is 19.8 Å². The number of fused-ring (bicyclic) bond motifs is 1. The van der Waals surface area contributed by atoms with Crippen LogP contribution in [0.2, 0.25) is 0 Å². The number of rotatable bonds is 7. The number of ether oxygens (including phenoxy) is 1. The van der Waals surface area contributed by atoms with Crippen molar-refractivity contribution in [2.45, 2.75) is 13.2 Å². The summed E-state index contributed by atoms with van der Waals surface area (Å²) < 4.78 is 7.76. The van der Waals surface area contributed by atoms with E-state index in [9.17, 15) is 14.4 Å². The SMILES string of the molecule is O=C(Nc1cccc(CN2C(=O)CNC2=O)c1)c1cccc(OCc2cn3ccccc3n2)c1. The Balaban J connectivity index is 1.23. The van der Waals surface area contributed by atoms with Crippen LogP contribution in [0.15, 0.2) is 79.1 Å². The van der Waals surface area contributed by atoms with Gasteiger partial charge in [0.15, 0.2) is 0 Å². The van der Waals surface area contributed by atoms with Crippen LogP contribution >= 0.6 is 0 Å². The molecule has 0 unspecified atom stereocenters. The van der Waals surface area contributed by atoms with E-state index in [-0.39, 0.29) is 31.5 Å². The zero-order valence-electron chi connectivity index (χ0n) is 18.1. The molecule has 3 heterocycles. The minimum atomic E-state index is -0.417. The number of anilines is 1. The molecule has 5 rings (SSSR count). The zero-order chi connectivity index (χ0) is 23.5. The van der Waals surface area contributed by atoms with Crippen molar-refractivity contribution < 1.29 is 19.1 Å². The highest BCUT2D eigenvalue weighted by Gasteiger charge is 2.28. The number of imidazole rings is 1. The number of imide groups is 1. The maximum atomic E-state index is 12.8. The summed E-state index contributed by atoms with van der Waals surface area (Å²) >= 11 is 0. The second-order valence-electron chi connectivity index (χ2n) is 7.81. The first-order valence-electron chi connectivity index (χ1n) is 10.7. The van der Waals surface area contributed by atoms with E-state index in [1.165, 1.54) is 0 Å². The van der Waals surface area contributed by atoms with Crippen LogP contribution in [0.25, 0.3) is 5.65 Å². The maximum absolute atomic E-state index is 12.8. The van der Waals surface area contributed by atoms with Gasteiger partial charge in [-0.1, -0.05) is 24.3 Å². The molecule has 170 valence electrons. The summed E-state index contributed by atoms with van der Waals surface area (Å²) in [4.78, 5) is 42.0. The van der Waals surface area contributed by atoms with Crippen molar-refractivity contribution in [2.24, 2.45) is 0 Å². The average molecular weight is 455 g/mol. The van der Waals surface area contributed by atoms with E-state index in [0.29, 0.717) is 17.0 Å². The number of pyridine rings is 1. The largest absolute Gasteiger partial charge is 0.487 e. The molecule has 9 nitrogen and oxygen atoms in total. The van der Waals surface area contributed by atoms with Crippen molar-refractivity contribution in [3.63, 3.8) is 0 Å². The molecule has 0 aliphatic carbocycles. The molecule has 2 aromatic carbocycles. The summed E-state index contributed by atoms with van der Waals surface area (Å²) in [6.07, 6.45) is 3.82. The van der Waals surface area contributed by atoms with Crippen molar-refractivity contribution in [1.29, 1.82) is 0 Å². The summed E-state index contributed by atoms with van der Waals surface area (Å²) in [5.41, 5.74) is 3.35. The Morgan fingerprint density at radius 3 is 2.76 bits per heavy atom. The van der Waals surface area contributed by atoms with Gasteiger partial charge in [-0.3, -0.25) is 14.5 Å². The van der Waals surface area contributed by atoms with Gasteiger partial charge in [0.1, 0.15) is 18.0 Å². The Bertz CT molecular complexity index is 1350. The molecule has 2 aromatic heterocycles. The summed E-state index contributed by atoms with van der Waals surface area (Å²) in [5.74, 6) is -0.0257. The number of aromatic nitrogens is 2. The first kappa shape index (κ1) is 21.2. The molecule has 1 fully saturated rings. The number of carbonyl (C=O) groups excluding carboxylic acids is 3. The van der Waals surface area contributed by atoms with E-state index in [1.54, 1.807) is 48.5 Å². The number of nitrogens with zero attached hydrogens (tertiary/aromatic N) is 3. The van der Waals surface area contributed by atoms with Crippen molar-refractivity contribution in [1.82, 2.24) is 19.6 Å². The highest BCUT2D eigenvalue weighted by atomic mass is 16.5. The molecule has 0 radical (unpaired) electrons. The van der Waals surface area contributed by atoms with Gasteiger partial charge in [-0.25, -0.2) is 9.78 Å². The molecule has 4 amide bonds. The number of hydrogen-bond donors (Lipinski definition) is 2. The Hall–Kier alpha value is -4.66. The molecule has 1 saturated heterocycles. The number of nitrogens with one attached hydrogen (secondary N) is 2. The minimum Gasteiger partial charge on any atom is -0.487 e. The second kappa shape index (κ2) is 9.07. The van der Waals surface area contributed by atoms with Gasteiger partial charge in [-0.15, -0.1) is 0 Å². The smallest absolute Gasteiger partial charge is 0.324 e. The summed E-state index contributed by atoms with van der Waals surface area (Å²) in [6, 6.07) is 19.3. The van der Waals surface area contributed by atoms with Crippen LogP contribution in [-0.2, 0) is 17.9 Å². The third kappa shape index (κ3) is 4.58. The Labute approximate surface area is 195 Å². The lowest BCUT2D eigenvalue weighted by molar-refractivity contribution is -0.125. The van der Waals surface area contributed by atoms with E-state index >= 15 is 0 Å². The van der Waals surface area contributed by atoms with Crippen LogP contribution in [0.1, 0.15) is 21.6 Å². The number of urea groups is 1. The summed E-state index contributed by atoms with van der Waals surface area (Å²) in [6.45, 7) is 0.420. The molecule has 0 bridgehead atoms. The summed E-state index contributed by atoms with van der Waals surface area (Å²) in [7, 11) is 0. The van der Waals surface area contributed by atoms with Crippen LogP contribution in [0.5, 0.6) is 5.75 Å². The zero-order valence-corrected chi connectivity index (χ0v) is 18.1. The fourth-order valence-corrected chi connectivity index (χ4v) is 3.69. The number of hydrogen-bond acceptors (Lipinski definition) is 5. The van der Waals surface area contributed by atoms with Crippen LogP contribution in [0.4, 0.5) is 10.5 Å². The van der Waals surface area contributed by atoms with Gasteiger partial charge in [0.25, 0.3) is 5.91 Å². The number of benzene rings is 2. The predicted octanol–water partition coefficient (Wildman–Crippen LogP) is 3.22. The van der Waals surface area contributed by atoms with Crippen LogP contribution < -0.4 is 15.4 Å². The third-order valence-corrected chi connectivity index (χ3v) is 5.36. The van der Waals surface area contributed by atoms with Gasteiger partial charge in [-0.05, 0) is 48.0 Å². The predicted molar refractivity (Wildman–Crippen MR) is 124 cm³/mol. The topological polar surface area (TPSA) is 105 Å². The molecule has 1 aliphatic rings. The van der Waals surface area contributed by atoms with Gasteiger partial charge in [0, 0.05) is 23.6 Å². The molecule has 34 heavy (non-hydrogen) atoms. The summed E-state index contributed by atoms with van der Waals surface area (Å²) in [5, 5.41) is 5.34. The Kier molecular flexibility index (Phi) is 5.65. The molecule has 0 saturated carbocycles. The first-order chi connectivity index (χ1) is 16.5. The van der Waals surface area contributed by atoms with Crippen LogP contribution in [0, 0.1) is 0 Å². The highest BCUT2D eigenvalue weighted by Crippen LogP contribution is 2.19. The monoisotopic (exact) mass is 455 g/mol. The van der Waals surface area contributed by atoms with Gasteiger partial charge in [0.05, 0.1) is 18.8 Å². The number of amides is 4. The fraction of sp³-hybridized carbons (Fsp3) is 0.120. The molecule has 0 spiro atoms.